The van der Waals surface area contributed by atoms with Crippen molar-refractivity contribution in [1.29, 1.82) is 0 Å². The number of β-amino-alcohol motifs (C(OH)–C–C–N with tert-alkyl or cyclic N) is 2. The van der Waals surface area contributed by atoms with Crippen molar-refractivity contribution in [3.05, 3.63) is 18.0 Å². The molecule has 9 heteroatoms. The van der Waals surface area contributed by atoms with E-state index >= 15 is 0 Å². The third kappa shape index (κ3) is 2.63. The van der Waals surface area contributed by atoms with E-state index in [1.54, 1.807) is 0 Å². The molecule has 1 aromatic rings. The number of primary sulfonamides is 1. The second-order valence-electron chi connectivity index (χ2n) is 4.56. The molecule has 8 nitrogen and oxygen atoms in total. The maximum atomic E-state index is 12.1. The van der Waals surface area contributed by atoms with Crippen molar-refractivity contribution in [1.82, 2.24) is 9.47 Å². The van der Waals surface area contributed by atoms with Crippen molar-refractivity contribution in [3.63, 3.8) is 0 Å². The molecular weight excluding hydrogens is 274 g/mol. The van der Waals surface area contributed by atoms with Crippen molar-refractivity contribution in [2.75, 3.05) is 13.1 Å². The average molecular weight is 289 g/mol. The summed E-state index contributed by atoms with van der Waals surface area (Å²) >= 11 is 0. The van der Waals surface area contributed by atoms with Gasteiger partial charge in [-0.2, -0.15) is 0 Å². The van der Waals surface area contributed by atoms with E-state index in [2.05, 4.69) is 0 Å². The first-order valence-corrected chi connectivity index (χ1v) is 7.09. The molecule has 2 atom stereocenters. The fourth-order valence-corrected chi connectivity index (χ4v) is 2.58. The molecule has 106 valence electrons. The zero-order valence-corrected chi connectivity index (χ0v) is 11.0. The molecule has 1 amide bonds. The zero-order chi connectivity index (χ0) is 14.4. The van der Waals surface area contributed by atoms with Crippen molar-refractivity contribution in [2.24, 2.45) is 12.2 Å². The van der Waals surface area contributed by atoms with Crippen LogP contribution in [0.1, 0.15) is 10.5 Å². The molecular formula is C10H15N3O5S. The third-order valence-electron chi connectivity index (χ3n) is 3.07. The van der Waals surface area contributed by atoms with E-state index in [0.29, 0.717) is 0 Å². The number of rotatable bonds is 2. The van der Waals surface area contributed by atoms with Crippen molar-refractivity contribution in [2.45, 2.75) is 17.1 Å². The minimum absolute atomic E-state index is 0.00981. The normalized spacial score (nSPS) is 23.9. The highest BCUT2D eigenvalue weighted by Crippen LogP contribution is 2.17. The van der Waals surface area contributed by atoms with Crippen molar-refractivity contribution < 1.29 is 23.4 Å². The van der Waals surface area contributed by atoms with Crippen LogP contribution < -0.4 is 5.14 Å². The predicted octanol–water partition coefficient (Wildman–Crippen LogP) is -2.15. The molecule has 0 radical (unpaired) electrons. The average Bonchev–Trinajstić information content (AvgIpc) is 2.82. The van der Waals surface area contributed by atoms with E-state index in [1.807, 2.05) is 0 Å². The molecule has 0 bridgehead atoms. The molecule has 0 aromatic carbocycles. The summed E-state index contributed by atoms with van der Waals surface area (Å²) in [5.41, 5.74) is 0.130. The van der Waals surface area contributed by atoms with Crippen LogP contribution in [0.5, 0.6) is 0 Å². The number of amides is 1. The molecule has 2 rings (SSSR count). The van der Waals surface area contributed by atoms with Crippen LogP contribution in [0, 0.1) is 0 Å². The van der Waals surface area contributed by atoms with Gasteiger partial charge >= 0.3 is 0 Å². The number of aliphatic hydroxyl groups is 2. The van der Waals surface area contributed by atoms with Gasteiger partial charge in [0.15, 0.2) is 0 Å². The molecule has 0 spiro atoms. The highest BCUT2D eigenvalue weighted by Gasteiger charge is 2.34. The molecule has 2 heterocycles. The van der Waals surface area contributed by atoms with Crippen molar-refractivity contribution in [3.8, 4) is 0 Å². The lowest BCUT2D eigenvalue weighted by Crippen LogP contribution is -2.31. The van der Waals surface area contributed by atoms with Gasteiger partial charge in [0.2, 0.25) is 10.0 Å². The number of carbonyl (C=O) groups is 1. The number of hydrogen-bond acceptors (Lipinski definition) is 5. The predicted molar refractivity (Wildman–Crippen MR) is 64.7 cm³/mol. The van der Waals surface area contributed by atoms with E-state index < -0.39 is 28.1 Å². The number of aliphatic hydroxyl groups excluding tert-OH is 2. The van der Waals surface area contributed by atoms with E-state index in [4.69, 9.17) is 5.14 Å². The van der Waals surface area contributed by atoms with Crippen LogP contribution in [0.15, 0.2) is 17.2 Å². The summed E-state index contributed by atoms with van der Waals surface area (Å²) in [7, 11) is -2.35. The molecule has 1 aliphatic rings. The summed E-state index contributed by atoms with van der Waals surface area (Å²) in [6.45, 7) is 0.0196. The van der Waals surface area contributed by atoms with Crippen LogP contribution in [-0.2, 0) is 17.1 Å². The van der Waals surface area contributed by atoms with Gasteiger partial charge in [-0.1, -0.05) is 0 Å². The molecule has 1 aliphatic heterocycles. The maximum Gasteiger partial charge on any atom is 0.270 e. The van der Waals surface area contributed by atoms with Crippen LogP contribution in [0.2, 0.25) is 0 Å². The number of sulfonamides is 1. The SMILES string of the molecule is Cn1cc(S(N)(=O)=O)cc1C(=O)N1CC(O)C(O)C1. The van der Waals surface area contributed by atoms with E-state index in [-0.39, 0.29) is 23.7 Å². The van der Waals surface area contributed by atoms with Gasteiger partial charge in [-0.05, 0) is 6.07 Å². The van der Waals surface area contributed by atoms with E-state index in [1.165, 1.54) is 28.8 Å². The summed E-state index contributed by atoms with van der Waals surface area (Å²) < 4.78 is 23.8. The Kier molecular flexibility index (Phi) is 3.39. The van der Waals surface area contributed by atoms with Gasteiger partial charge < -0.3 is 19.7 Å². The summed E-state index contributed by atoms with van der Waals surface area (Å²) in [5.74, 6) is -0.465. The molecule has 19 heavy (non-hydrogen) atoms. The number of aryl methyl sites for hydroxylation is 1. The van der Waals surface area contributed by atoms with Crippen LogP contribution in [-0.4, -0.2) is 59.3 Å². The number of likely N-dealkylation sites (tertiary alicyclic amines) is 1. The Labute approximate surface area is 110 Å². The fraction of sp³-hybridized carbons (Fsp3) is 0.500. The van der Waals surface area contributed by atoms with Gasteiger partial charge in [-0.3, -0.25) is 4.79 Å². The van der Waals surface area contributed by atoms with Crippen LogP contribution in [0.3, 0.4) is 0 Å². The Morgan fingerprint density at radius 1 is 1.37 bits per heavy atom. The second-order valence-corrected chi connectivity index (χ2v) is 6.12. The van der Waals surface area contributed by atoms with E-state index in [0.717, 1.165) is 0 Å². The Hall–Kier alpha value is -1.42. The van der Waals surface area contributed by atoms with Crippen LogP contribution >= 0.6 is 0 Å². The van der Waals surface area contributed by atoms with Gasteiger partial charge in [-0.25, -0.2) is 13.6 Å². The van der Waals surface area contributed by atoms with Gasteiger partial charge in [0.05, 0.1) is 12.2 Å². The monoisotopic (exact) mass is 289 g/mol. The highest BCUT2D eigenvalue weighted by atomic mass is 32.2. The first kappa shape index (κ1) is 14.0. The van der Waals surface area contributed by atoms with E-state index in [9.17, 15) is 23.4 Å². The van der Waals surface area contributed by atoms with Crippen LogP contribution in [0.4, 0.5) is 0 Å². The lowest BCUT2D eigenvalue weighted by atomic mass is 10.3. The highest BCUT2D eigenvalue weighted by molar-refractivity contribution is 7.89. The topological polar surface area (TPSA) is 126 Å². The molecule has 4 N–H and O–H groups in total. The molecule has 1 aromatic heterocycles. The standard InChI is InChI=1S/C10H15N3O5S/c1-12-3-6(19(11,17)18)2-7(12)10(16)13-4-8(14)9(15)5-13/h2-3,8-9,14-15H,4-5H2,1H3,(H2,11,17,18). The minimum atomic E-state index is -3.87. The van der Waals surface area contributed by atoms with Gasteiger partial charge in [0, 0.05) is 26.3 Å². The van der Waals surface area contributed by atoms with Gasteiger partial charge in [0.25, 0.3) is 5.91 Å². The van der Waals surface area contributed by atoms with Crippen molar-refractivity contribution >= 4 is 15.9 Å². The number of carbonyl (C=O) groups excluding carboxylic acids is 1. The maximum absolute atomic E-state index is 12.1. The van der Waals surface area contributed by atoms with Gasteiger partial charge in [0.1, 0.15) is 10.6 Å². The minimum Gasteiger partial charge on any atom is -0.388 e. The quantitative estimate of drug-likeness (QED) is 0.572. The second kappa shape index (κ2) is 4.60. The first-order valence-electron chi connectivity index (χ1n) is 5.54. The molecule has 1 saturated heterocycles. The largest absolute Gasteiger partial charge is 0.388 e. The summed E-state index contributed by atoms with van der Waals surface area (Å²) in [6.07, 6.45) is -0.727. The lowest BCUT2D eigenvalue weighted by Gasteiger charge is -2.15. The Morgan fingerprint density at radius 3 is 2.32 bits per heavy atom. The van der Waals surface area contributed by atoms with Gasteiger partial charge in [-0.15, -0.1) is 0 Å². The Balaban J connectivity index is 2.28. The third-order valence-corrected chi connectivity index (χ3v) is 3.95. The number of nitrogens with zero attached hydrogens (tertiary/aromatic N) is 2. The first-order chi connectivity index (χ1) is 8.70. The number of aromatic nitrogens is 1. The Morgan fingerprint density at radius 2 is 1.89 bits per heavy atom. The molecule has 2 unspecified atom stereocenters. The summed E-state index contributed by atoms with van der Waals surface area (Å²) in [5, 5.41) is 23.8. The smallest absolute Gasteiger partial charge is 0.270 e. The Bertz CT molecular complexity index is 599. The summed E-state index contributed by atoms with van der Waals surface area (Å²) in [4.78, 5) is 13.3. The number of nitrogens with two attached hydrogens (primary N) is 1. The zero-order valence-electron chi connectivity index (χ0n) is 10.2. The van der Waals surface area contributed by atoms with Crippen LogP contribution in [0.25, 0.3) is 0 Å². The molecule has 0 aliphatic carbocycles. The molecule has 1 fully saturated rings. The summed E-state index contributed by atoms with van der Waals surface area (Å²) in [6, 6.07) is 1.18. The number of hydrogen-bond donors (Lipinski definition) is 3. The molecule has 0 saturated carbocycles. The lowest BCUT2D eigenvalue weighted by molar-refractivity contribution is 0.0572. The fourth-order valence-electron chi connectivity index (χ4n) is 2.00.